The fourth-order valence-electron chi connectivity index (χ4n) is 3.19. The highest BCUT2D eigenvalue weighted by Crippen LogP contribution is 2.24. The second kappa shape index (κ2) is 8.56. The van der Waals surface area contributed by atoms with Gasteiger partial charge >= 0.3 is 0 Å². The Bertz CT molecular complexity index is 674. The standard InChI is InChI=1S/C21H26N2O2/c22-19-10-6-16(7-11-19)14-23-21(24)18-8-12-20(13-9-18)25-15-17-4-2-1-3-5-17/h6-13,17H,1-5,14-15,22H2,(H,23,24). The third-order valence-corrected chi connectivity index (χ3v) is 4.76. The molecule has 132 valence electrons. The van der Waals surface area contributed by atoms with Crippen LogP contribution in [-0.4, -0.2) is 12.5 Å². The minimum absolute atomic E-state index is 0.0874. The lowest BCUT2D eigenvalue weighted by Crippen LogP contribution is -2.22. The van der Waals surface area contributed by atoms with Crippen LogP contribution in [0, 0.1) is 5.92 Å². The van der Waals surface area contributed by atoms with Crippen LogP contribution in [0.5, 0.6) is 5.75 Å². The first kappa shape index (κ1) is 17.3. The van der Waals surface area contributed by atoms with Crippen LogP contribution in [-0.2, 0) is 6.54 Å². The number of amides is 1. The number of anilines is 1. The Morgan fingerprint density at radius 1 is 1.00 bits per heavy atom. The van der Waals surface area contributed by atoms with Crippen LogP contribution >= 0.6 is 0 Å². The van der Waals surface area contributed by atoms with Crippen molar-refractivity contribution >= 4 is 11.6 Å². The summed E-state index contributed by atoms with van der Waals surface area (Å²) in [5.41, 5.74) is 8.04. The molecule has 0 aliphatic heterocycles. The van der Waals surface area contributed by atoms with E-state index in [1.807, 2.05) is 48.5 Å². The second-order valence-electron chi connectivity index (χ2n) is 6.76. The van der Waals surface area contributed by atoms with Gasteiger partial charge in [0.15, 0.2) is 0 Å². The number of nitrogens with two attached hydrogens (primary N) is 1. The maximum absolute atomic E-state index is 12.2. The van der Waals surface area contributed by atoms with Gasteiger partial charge in [0.05, 0.1) is 6.61 Å². The molecule has 3 N–H and O–H groups in total. The lowest BCUT2D eigenvalue weighted by atomic mass is 9.90. The highest BCUT2D eigenvalue weighted by atomic mass is 16.5. The number of hydrogen-bond acceptors (Lipinski definition) is 3. The summed E-state index contributed by atoms with van der Waals surface area (Å²) in [6.45, 7) is 1.27. The Morgan fingerprint density at radius 3 is 2.36 bits per heavy atom. The predicted octanol–water partition coefficient (Wildman–Crippen LogP) is 4.16. The Hall–Kier alpha value is -2.49. The molecule has 4 nitrogen and oxygen atoms in total. The largest absolute Gasteiger partial charge is 0.493 e. The van der Waals surface area contributed by atoms with E-state index in [9.17, 15) is 4.79 Å². The van der Waals surface area contributed by atoms with E-state index in [1.54, 1.807) is 0 Å². The molecule has 2 aromatic rings. The number of benzene rings is 2. The van der Waals surface area contributed by atoms with E-state index in [0.29, 0.717) is 18.0 Å². The van der Waals surface area contributed by atoms with Gasteiger partial charge in [0.25, 0.3) is 5.91 Å². The van der Waals surface area contributed by atoms with Crippen molar-refractivity contribution in [2.45, 2.75) is 38.6 Å². The zero-order valence-corrected chi connectivity index (χ0v) is 14.5. The van der Waals surface area contributed by atoms with Gasteiger partial charge in [-0.2, -0.15) is 0 Å². The van der Waals surface area contributed by atoms with Crippen molar-refractivity contribution in [2.24, 2.45) is 5.92 Å². The molecule has 0 bridgehead atoms. The molecule has 2 aromatic carbocycles. The van der Waals surface area contributed by atoms with E-state index in [-0.39, 0.29) is 5.91 Å². The van der Waals surface area contributed by atoms with Gasteiger partial charge in [-0.3, -0.25) is 4.79 Å². The topological polar surface area (TPSA) is 64.3 Å². The molecule has 3 rings (SSSR count). The highest BCUT2D eigenvalue weighted by molar-refractivity contribution is 5.94. The highest BCUT2D eigenvalue weighted by Gasteiger charge is 2.14. The molecule has 1 fully saturated rings. The Labute approximate surface area is 149 Å². The average Bonchev–Trinajstić information content (AvgIpc) is 2.67. The summed E-state index contributed by atoms with van der Waals surface area (Å²) in [6.07, 6.45) is 6.54. The zero-order chi connectivity index (χ0) is 17.5. The summed E-state index contributed by atoms with van der Waals surface area (Å²) in [7, 11) is 0. The van der Waals surface area contributed by atoms with Crippen LogP contribution in [0.15, 0.2) is 48.5 Å². The first-order valence-corrected chi connectivity index (χ1v) is 9.06. The number of carbonyl (C=O) groups is 1. The van der Waals surface area contributed by atoms with E-state index >= 15 is 0 Å². The lowest BCUT2D eigenvalue weighted by Gasteiger charge is -2.21. The van der Waals surface area contributed by atoms with E-state index in [0.717, 1.165) is 23.6 Å². The van der Waals surface area contributed by atoms with Crippen molar-refractivity contribution in [3.63, 3.8) is 0 Å². The average molecular weight is 338 g/mol. The smallest absolute Gasteiger partial charge is 0.251 e. The first-order chi connectivity index (χ1) is 12.2. The maximum atomic E-state index is 12.2. The van der Waals surface area contributed by atoms with E-state index in [1.165, 1.54) is 32.1 Å². The lowest BCUT2D eigenvalue weighted by molar-refractivity contribution is 0.0951. The SMILES string of the molecule is Nc1ccc(CNC(=O)c2ccc(OCC3CCCCC3)cc2)cc1. The molecular formula is C21H26N2O2. The van der Waals surface area contributed by atoms with Crippen LogP contribution in [0.2, 0.25) is 0 Å². The van der Waals surface area contributed by atoms with Crippen LogP contribution in [0.4, 0.5) is 5.69 Å². The molecule has 1 aliphatic rings. The number of hydrogen-bond donors (Lipinski definition) is 2. The number of rotatable bonds is 6. The molecule has 1 aliphatic carbocycles. The molecular weight excluding hydrogens is 312 g/mol. The second-order valence-corrected chi connectivity index (χ2v) is 6.76. The molecule has 0 atom stereocenters. The van der Waals surface area contributed by atoms with Gasteiger partial charge in [-0.05, 0) is 60.7 Å². The number of ether oxygens (including phenoxy) is 1. The van der Waals surface area contributed by atoms with Gasteiger partial charge in [0.1, 0.15) is 5.75 Å². The molecule has 1 amide bonds. The summed E-state index contributed by atoms with van der Waals surface area (Å²) in [5.74, 6) is 1.42. The Morgan fingerprint density at radius 2 is 1.68 bits per heavy atom. The number of nitrogens with one attached hydrogen (secondary N) is 1. The van der Waals surface area contributed by atoms with Gasteiger partial charge in [-0.15, -0.1) is 0 Å². The summed E-state index contributed by atoms with van der Waals surface area (Å²) >= 11 is 0. The van der Waals surface area contributed by atoms with Crippen LogP contribution in [0.1, 0.15) is 48.0 Å². The fraction of sp³-hybridized carbons (Fsp3) is 0.381. The third kappa shape index (κ3) is 5.24. The van der Waals surface area contributed by atoms with Gasteiger partial charge in [0, 0.05) is 17.8 Å². The molecule has 25 heavy (non-hydrogen) atoms. The normalized spacial score (nSPS) is 14.9. The van der Waals surface area contributed by atoms with Crippen molar-refractivity contribution in [2.75, 3.05) is 12.3 Å². The molecule has 1 saturated carbocycles. The summed E-state index contributed by atoms with van der Waals surface area (Å²) in [5, 5.41) is 2.92. The van der Waals surface area contributed by atoms with Gasteiger partial charge < -0.3 is 15.8 Å². The van der Waals surface area contributed by atoms with Crippen molar-refractivity contribution in [3.8, 4) is 5.75 Å². The maximum Gasteiger partial charge on any atom is 0.251 e. The van der Waals surface area contributed by atoms with Gasteiger partial charge in [-0.1, -0.05) is 31.4 Å². The molecule has 0 spiro atoms. The van der Waals surface area contributed by atoms with Crippen molar-refractivity contribution < 1.29 is 9.53 Å². The fourth-order valence-corrected chi connectivity index (χ4v) is 3.19. The Balaban J connectivity index is 1.47. The minimum atomic E-state index is -0.0874. The molecule has 0 saturated heterocycles. The summed E-state index contributed by atoms with van der Waals surface area (Å²) in [6, 6.07) is 14.9. The van der Waals surface area contributed by atoms with E-state index in [4.69, 9.17) is 10.5 Å². The first-order valence-electron chi connectivity index (χ1n) is 9.06. The monoisotopic (exact) mass is 338 g/mol. The summed E-state index contributed by atoms with van der Waals surface area (Å²) < 4.78 is 5.88. The quantitative estimate of drug-likeness (QED) is 0.777. The van der Waals surface area contributed by atoms with E-state index in [2.05, 4.69) is 5.32 Å². The predicted molar refractivity (Wildman–Crippen MR) is 101 cm³/mol. The third-order valence-electron chi connectivity index (χ3n) is 4.76. The minimum Gasteiger partial charge on any atom is -0.493 e. The van der Waals surface area contributed by atoms with Crippen molar-refractivity contribution in [1.29, 1.82) is 0 Å². The van der Waals surface area contributed by atoms with E-state index < -0.39 is 0 Å². The molecule has 0 aromatic heterocycles. The van der Waals surface area contributed by atoms with Crippen LogP contribution in [0.25, 0.3) is 0 Å². The van der Waals surface area contributed by atoms with Gasteiger partial charge in [0.2, 0.25) is 0 Å². The molecule has 0 unspecified atom stereocenters. The van der Waals surface area contributed by atoms with Crippen LogP contribution in [0.3, 0.4) is 0 Å². The van der Waals surface area contributed by atoms with Crippen molar-refractivity contribution in [3.05, 3.63) is 59.7 Å². The van der Waals surface area contributed by atoms with Crippen LogP contribution < -0.4 is 15.8 Å². The van der Waals surface area contributed by atoms with Gasteiger partial charge in [-0.25, -0.2) is 0 Å². The number of carbonyl (C=O) groups excluding carboxylic acids is 1. The zero-order valence-electron chi connectivity index (χ0n) is 14.5. The van der Waals surface area contributed by atoms with Crippen molar-refractivity contribution in [1.82, 2.24) is 5.32 Å². The molecule has 0 heterocycles. The molecule has 4 heteroatoms. The Kier molecular flexibility index (Phi) is 5.94. The number of nitrogen functional groups attached to an aromatic ring is 1. The summed E-state index contributed by atoms with van der Waals surface area (Å²) in [4.78, 5) is 12.2. The molecule has 0 radical (unpaired) electrons.